The lowest BCUT2D eigenvalue weighted by molar-refractivity contribution is 0.535. The van der Waals surface area contributed by atoms with Crippen molar-refractivity contribution in [2.45, 2.75) is 19.9 Å². The first-order valence-electron chi connectivity index (χ1n) is 3.65. The van der Waals surface area contributed by atoms with Gasteiger partial charge in [-0.2, -0.15) is 10.2 Å². The van der Waals surface area contributed by atoms with Crippen molar-refractivity contribution in [3.8, 4) is 0 Å². The Balaban J connectivity index is 2.58. The standard InChI is InChI=1S/C7H10N4/c1-5(2)11-4-6-3-8-9-7(6)10-11/h3-5H,1-2H3,(H,9,10). The second kappa shape index (κ2) is 2.08. The molecule has 0 radical (unpaired) electrons. The summed E-state index contributed by atoms with van der Waals surface area (Å²) < 4.78 is 1.92. The van der Waals surface area contributed by atoms with Crippen LogP contribution in [0, 0.1) is 0 Å². The minimum Gasteiger partial charge on any atom is -0.267 e. The van der Waals surface area contributed by atoms with E-state index < -0.39 is 0 Å². The van der Waals surface area contributed by atoms with Gasteiger partial charge in [-0.3, -0.25) is 9.78 Å². The number of fused-ring (bicyclic) bond motifs is 1. The van der Waals surface area contributed by atoms with E-state index in [1.165, 1.54) is 0 Å². The van der Waals surface area contributed by atoms with Gasteiger partial charge >= 0.3 is 0 Å². The zero-order chi connectivity index (χ0) is 7.84. The molecule has 2 rings (SSSR count). The molecule has 0 amide bonds. The van der Waals surface area contributed by atoms with Crippen molar-refractivity contribution in [1.29, 1.82) is 0 Å². The van der Waals surface area contributed by atoms with Crippen LogP contribution in [0.25, 0.3) is 11.0 Å². The fourth-order valence-electron chi connectivity index (χ4n) is 1.01. The molecule has 1 N–H and O–H groups in total. The number of hydrogen-bond acceptors (Lipinski definition) is 2. The van der Waals surface area contributed by atoms with Crippen LogP contribution >= 0.6 is 0 Å². The van der Waals surface area contributed by atoms with E-state index in [4.69, 9.17) is 0 Å². The van der Waals surface area contributed by atoms with E-state index in [0.29, 0.717) is 6.04 Å². The van der Waals surface area contributed by atoms with Gasteiger partial charge in [-0.25, -0.2) is 0 Å². The molecule has 0 aromatic carbocycles. The molecule has 11 heavy (non-hydrogen) atoms. The first kappa shape index (κ1) is 6.39. The number of nitrogens with zero attached hydrogens (tertiary/aromatic N) is 3. The third-order valence-electron chi connectivity index (χ3n) is 1.66. The third kappa shape index (κ3) is 0.906. The van der Waals surface area contributed by atoms with Crippen LogP contribution in [0.1, 0.15) is 19.9 Å². The number of aromatic amines is 1. The lowest BCUT2D eigenvalue weighted by Crippen LogP contribution is -2.00. The quantitative estimate of drug-likeness (QED) is 0.666. The van der Waals surface area contributed by atoms with Crippen LogP contribution in [-0.4, -0.2) is 20.0 Å². The Morgan fingerprint density at radius 2 is 2.36 bits per heavy atom. The summed E-state index contributed by atoms with van der Waals surface area (Å²) in [6.45, 7) is 4.19. The highest BCUT2D eigenvalue weighted by molar-refractivity contribution is 5.72. The first-order chi connectivity index (χ1) is 5.27. The molecule has 0 unspecified atom stereocenters. The number of rotatable bonds is 1. The van der Waals surface area contributed by atoms with Crippen molar-refractivity contribution in [3.63, 3.8) is 0 Å². The molecule has 4 heteroatoms. The Morgan fingerprint density at radius 1 is 1.55 bits per heavy atom. The Labute approximate surface area is 64.2 Å². The monoisotopic (exact) mass is 150 g/mol. The number of nitrogens with one attached hydrogen (secondary N) is 1. The van der Waals surface area contributed by atoms with E-state index in [-0.39, 0.29) is 0 Å². The molecule has 2 heterocycles. The van der Waals surface area contributed by atoms with Gasteiger partial charge in [0, 0.05) is 12.2 Å². The molecule has 0 saturated heterocycles. The van der Waals surface area contributed by atoms with E-state index in [9.17, 15) is 0 Å². The van der Waals surface area contributed by atoms with Crippen LogP contribution in [0.3, 0.4) is 0 Å². The minimum absolute atomic E-state index is 0.413. The summed E-state index contributed by atoms with van der Waals surface area (Å²) in [6, 6.07) is 0.413. The van der Waals surface area contributed by atoms with Gasteiger partial charge in [-0.1, -0.05) is 0 Å². The van der Waals surface area contributed by atoms with E-state index in [0.717, 1.165) is 11.0 Å². The van der Waals surface area contributed by atoms with Gasteiger partial charge in [0.25, 0.3) is 0 Å². The van der Waals surface area contributed by atoms with Crippen LogP contribution in [0.4, 0.5) is 0 Å². The Hall–Kier alpha value is -1.32. The summed E-state index contributed by atoms with van der Waals surface area (Å²) in [5.74, 6) is 0. The van der Waals surface area contributed by atoms with Gasteiger partial charge in [-0.15, -0.1) is 0 Å². The molecule has 58 valence electrons. The molecule has 0 aliphatic rings. The fourth-order valence-corrected chi connectivity index (χ4v) is 1.01. The molecule has 2 aromatic heterocycles. The lowest BCUT2D eigenvalue weighted by Gasteiger charge is -2.02. The maximum absolute atomic E-state index is 4.27. The predicted octanol–water partition coefficient (Wildman–Crippen LogP) is 1.34. The van der Waals surface area contributed by atoms with Crippen molar-refractivity contribution >= 4 is 11.0 Å². The molecule has 0 atom stereocenters. The van der Waals surface area contributed by atoms with E-state index >= 15 is 0 Å². The second-order valence-corrected chi connectivity index (χ2v) is 2.88. The Kier molecular flexibility index (Phi) is 1.21. The van der Waals surface area contributed by atoms with Crippen LogP contribution in [0.5, 0.6) is 0 Å². The number of hydrogen-bond donors (Lipinski definition) is 1. The van der Waals surface area contributed by atoms with E-state index in [1.54, 1.807) is 6.20 Å². The van der Waals surface area contributed by atoms with Gasteiger partial charge < -0.3 is 0 Å². The molecule has 0 bridgehead atoms. The molecule has 0 spiro atoms. The van der Waals surface area contributed by atoms with Gasteiger partial charge in [0.15, 0.2) is 5.65 Å². The van der Waals surface area contributed by atoms with Crippen LogP contribution < -0.4 is 0 Å². The Morgan fingerprint density at radius 3 is 3.00 bits per heavy atom. The predicted molar refractivity (Wildman–Crippen MR) is 42.3 cm³/mol. The molecule has 2 aromatic rings. The third-order valence-corrected chi connectivity index (χ3v) is 1.66. The largest absolute Gasteiger partial charge is 0.267 e. The normalized spacial score (nSPS) is 11.5. The Bertz CT molecular complexity index is 329. The summed E-state index contributed by atoms with van der Waals surface area (Å²) in [5, 5.41) is 12.0. The zero-order valence-electron chi connectivity index (χ0n) is 6.57. The van der Waals surface area contributed by atoms with Crippen molar-refractivity contribution in [1.82, 2.24) is 20.0 Å². The highest BCUT2D eigenvalue weighted by Gasteiger charge is 2.03. The van der Waals surface area contributed by atoms with Gasteiger partial charge in [0.2, 0.25) is 0 Å². The molecule has 0 saturated carbocycles. The van der Waals surface area contributed by atoms with E-state index in [2.05, 4.69) is 29.1 Å². The molecule has 0 aliphatic heterocycles. The molecule has 4 nitrogen and oxygen atoms in total. The topological polar surface area (TPSA) is 46.5 Å². The van der Waals surface area contributed by atoms with Crippen molar-refractivity contribution in [3.05, 3.63) is 12.4 Å². The summed E-state index contributed by atoms with van der Waals surface area (Å²) >= 11 is 0. The summed E-state index contributed by atoms with van der Waals surface area (Å²) in [5.41, 5.74) is 0.860. The smallest absolute Gasteiger partial charge is 0.177 e. The summed E-state index contributed by atoms with van der Waals surface area (Å²) in [7, 11) is 0. The first-order valence-corrected chi connectivity index (χ1v) is 3.65. The summed E-state index contributed by atoms with van der Waals surface area (Å²) in [4.78, 5) is 0. The number of aromatic nitrogens is 4. The molecular weight excluding hydrogens is 140 g/mol. The second-order valence-electron chi connectivity index (χ2n) is 2.88. The van der Waals surface area contributed by atoms with Crippen LogP contribution in [0.2, 0.25) is 0 Å². The van der Waals surface area contributed by atoms with E-state index in [1.807, 2.05) is 10.9 Å². The maximum Gasteiger partial charge on any atom is 0.177 e. The van der Waals surface area contributed by atoms with Gasteiger partial charge in [0.1, 0.15) is 0 Å². The molecule has 0 fully saturated rings. The van der Waals surface area contributed by atoms with Gasteiger partial charge in [0.05, 0.1) is 11.6 Å². The average molecular weight is 150 g/mol. The fraction of sp³-hybridized carbons (Fsp3) is 0.429. The maximum atomic E-state index is 4.27. The highest BCUT2D eigenvalue weighted by atomic mass is 15.3. The minimum atomic E-state index is 0.413. The SMILES string of the molecule is CC(C)n1cc2cn[nH]c2n1. The van der Waals surface area contributed by atoms with Crippen molar-refractivity contribution in [2.24, 2.45) is 0 Å². The summed E-state index contributed by atoms with van der Waals surface area (Å²) in [6.07, 6.45) is 3.77. The average Bonchev–Trinajstić information content (AvgIpc) is 2.40. The number of H-pyrrole nitrogens is 1. The highest BCUT2D eigenvalue weighted by Crippen LogP contribution is 2.10. The van der Waals surface area contributed by atoms with Crippen molar-refractivity contribution in [2.75, 3.05) is 0 Å². The van der Waals surface area contributed by atoms with Crippen molar-refractivity contribution < 1.29 is 0 Å². The van der Waals surface area contributed by atoms with Crippen LogP contribution in [-0.2, 0) is 0 Å². The lowest BCUT2D eigenvalue weighted by atomic mass is 10.4. The van der Waals surface area contributed by atoms with Gasteiger partial charge in [-0.05, 0) is 13.8 Å². The van der Waals surface area contributed by atoms with Crippen LogP contribution in [0.15, 0.2) is 12.4 Å². The molecule has 0 aliphatic carbocycles. The zero-order valence-corrected chi connectivity index (χ0v) is 6.57. The molecular formula is C7H10N4.